The van der Waals surface area contributed by atoms with E-state index in [9.17, 15) is 10.1 Å². The lowest BCUT2D eigenvalue weighted by molar-refractivity contribution is 0.0898. The summed E-state index contributed by atoms with van der Waals surface area (Å²) in [6.45, 7) is 11.1. The number of rotatable bonds is 9. The van der Waals surface area contributed by atoms with Gasteiger partial charge in [0, 0.05) is 63.4 Å². The first-order valence-corrected chi connectivity index (χ1v) is 15.5. The Bertz CT molecular complexity index is 1660. The molecule has 0 saturated carbocycles. The fraction of sp³-hybridized carbons (Fsp3) is 0.424. The molecule has 2 aliphatic heterocycles. The van der Waals surface area contributed by atoms with Crippen molar-refractivity contribution in [1.82, 2.24) is 29.8 Å². The molecule has 44 heavy (non-hydrogen) atoms. The largest absolute Gasteiger partial charge is 0.491 e. The summed E-state index contributed by atoms with van der Waals surface area (Å²) in [5, 5.41) is 18.0. The maximum absolute atomic E-state index is 13.2. The highest BCUT2D eigenvalue weighted by Gasteiger charge is 2.34. The Morgan fingerprint density at radius 2 is 1.93 bits per heavy atom. The number of anilines is 1. The van der Waals surface area contributed by atoms with Crippen molar-refractivity contribution >= 4 is 28.7 Å². The highest BCUT2D eigenvalue weighted by atomic mass is 35.5. The molecule has 5 heterocycles. The van der Waals surface area contributed by atoms with Gasteiger partial charge in [0.15, 0.2) is 5.78 Å². The highest BCUT2D eigenvalue weighted by molar-refractivity contribution is 6.34. The fourth-order valence-electron chi connectivity index (χ4n) is 6.22. The van der Waals surface area contributed by atoms with Crippen molar-refractivity contribution in [2.24, 2.45) is 5.41 Å². The normalized spacial score (nSPS) is 17.0. The van der Waals surface area contributed by atoms with Crippen molar-refractivity contribution in [2.45, 2.75) is 33.1 Å². The second-order valence-corrected chi connectivity index (χ2v) is 12.5. The molecule has 0 bridgehead atoms. The number of carbonyl (C=O) groups excluding carboxylic acids is 1. The number of aromatic nitrogens is 4. The number of fused-ring (bicyclic) bond motifs is 1. The van der Waals surface area contributed by atoms with Gasteiger partial charge in [0.05, 0.1) is 46.6 Å². The van der Waals surface area contributed by atoms with E-state index in [1.165, 1.54) is 0 Å². The van der Waals surface area contributed by atoms with E-state index < -0.39 is 0 Å². The van der Waals surface area contributed by atoms with Gasteiger partial charge in [-0.2, -0.15) is 10.4 Å². The molecule has 1 N–H and O–H groups in total. The monoisotopic (exact) mass is 612 g/mol. The lowest BCUT2D eigenvalue weighted by Gasteiger charge is -2.39. The first-order chi connectivity index (χ1) is 21.3. The third-order valence-corrected chi connectivity index (χ3v) is 9.20. The summed E-state index contributed by atoms with van der Waals surface area (Å²) in [6.07, 6.45) is 9.09. The minimum Gasteiger partial charge on any atom is -0.491 e. The van der Waals surface area contributed by atoms with Crippen molar-refractivity contribution < 1.29 is 9.53 Å². The molecule has 11 heteroatoms. The molecule has 0 spiro atoms. The summed E-state index contributed by atoms with van der Waals surface area (Å²) in [5.74, 6) is 1.56. The van der Waals surface area contributed by atoms with Crippen LogP contribution in [0.4, 0.5) is 5.82 Å². The van der Waals surface area contributed by atoms with Gasteiger partial charge in [0.25, 0.3) is 0 Å². The number of Topliss-reactive ketones (excluding diaryl/α,β-unsaturated/α-hetero) is 1. The number of piperidine rings is 1. The Hall–Kier alpha value is -4.04. The molecule has 3 aromatic heterocycles. The van der Waals surface area contributed by atoms with Crippen LogP contribution in [0.15, 0.2) is 49.1 Å². The maximum atomic E-state index is 13.2. The maximum Gasteiger partial charge on any atom is 0.165 e. The molecular weight excluding hydrogens is 576 g/mol. The highest BCUT2D eigenvalue weighted by Crippen LogP contribution is 2.38. The van der Waals surface area contributed by atoms with Gasteiger partial charge in [0.2, 0.25) is 0 Å². The Balaban J connectivity index is 1.14. The number of ether oxygens (including phenoxy) is 1. The van der Waals surface area contributed by atoms with E-state index in [0.29, 0.717) is 46.1 Å². The van der Waals surface area contributed by atoms with E-state index in [2.05, 4.69) is 33.2 Å². The zero-order valence-corrected chi connectivity index (χ0v) is 26.0. The third kappa shape index (κ3) is 6.41. The molecule has 0 amide bonds. The third-order valence-electron chi connectivity index (χ3n) is 8.89. The molecule has 2 saturated heterocycles. The Morgan fingerprint density at radius 3 is 2.64 bits per heavy atom. The number of benzene rings is 1. The fourth-order valence-corrected chi connectivity index (χ4v) is 6.54. The topological polar surface area (TPSA) is 112 Å². The van der Waals surface area contributed by atoms with Gasteiger partial charge in [0.1, 0.15) is 24.2 Å². The van der Waals surface area contributed by atoms with Gasteiger partial charge in [-0.15, -0.1) is 0 Å². The number of hydrogen-bond donors (Lipinski definition) is 1. The summed E-state index contributed by atoms with van der Waals surface area (Å²) in [4.78, 5) is 27.3. The smallest absolute Gasteiger partial charge is 0.165 e. The van der Waals surface area contributed by atoms with Gasteiger partial charge in [-0.3, -0.25) is 14.7 Å². The Morgan fingerprint density at radius 1 is 1.14 bits per heavy atom. The minimum atomic E-state index is -0.112. The molecule has 6 rings (SSSR count). The van der Waals surface area contributed by atoms with Crippen LogP contribution in [0.25, 0.3) is 16.8 Å². The van der Waals surface area contributed by atoms with Crippen LogP contribution in [0, 0.1) is 23.7 Å². The summed E-state index contributed by atoms with van der Waals surface area (Å²) < 4.78 is 7.82. The summed E-state index contributed by atoms with van der Waals surface area (Å²) >= 11 is 6.38. The average Bonchev–Trinajstić information content (AvgIpc) is 3.45. The number of carbonyl (C=O) groups is 1. The SMILES string of the molecule is Cc1cccc(Cl)c1C(=O)CC1(C)CCN(c2cnc(-c3cc(OCCN4CCNCC4)cn4ncc(C#N)c34)cn2)CC1. The predicted molar refractivity (Wildman–Crippen MR) is 170 cm³/mol. The molecule has 10 nitrogen and oxygen atoms in total. The number of nitrogens with zero attached hydrogens (tertiary/aromatic N) is 7. The van der Waals surface area contributed by atoms with E-state index in [4.69, 9.17) is 26.3 Å². The van der Waals surface area contributed by atoms with Crippen molar-refractivity contribution in [3.63, 3.8) is 0 Å². The molecule has 2 aliphatic rings. The van der Waals surface area contributed by atoms with Gasteiger partial charge in [-0.25, -0.2) is 9.50 Å². The van der Waals surface area contributed by atoms with Crippen LogP contribution < -0.4 is 15.0 Å². The number of nitrogens with one attached hydrogen (secondary N) is 1. The standard InChI is InChI=1S/C33H37ClN8O2/c1-23-4-3-5-27(34)31(23)29(43)17-33(2)6-10-41(11-7-33)30-21-37-28(20-38-30)26-16-25(22-42-32(26)24(18-35)19-39-42)44-15-14-40-12-8-36-9-13-40/h3-5,16,19-22,36H,6-15,17H2,1-2H3. The van der Waals surface area contributed by atoms with Crippen LogP contribution in [0.5, 0.6) is 5.75 Å². The van der Waals surface area contributed by atoms with Crippen molar-refractivity contribution in [2.75, 3.05) is 57.3 Å². The Kier molecular flexibility index (Phi) is 8.80. The molecule has 228 valence electrons. The quantitative estimate of drug-likeness (QED) is 0.267. The number of piperazine rings is 1. The number of pyridine rings is 1. The van der Waals surface area contributed by atoms with Crippen LogP contribution in [-0.4, -0.2) is 82.7 Å². The molecule has 0 atom stereocenters. The van der Waals surface area contributed by atoms with Crippen molar-refractivity contribution in [3.05, 3.63) is 70.8 Å². The average molecular weight is 613 g/mol. The lowest BCUT2D eigenvalue weighted by atomic mass is 9.75. The summed E-state index contributed by atoms with van der Waals surface area (Å²) in [6, 6.07) is 9.76. The molecule has 0 unspecified atom stereocenters. The molecule has 1 aromatic carbocycles. The molecule has 0 radical (unpaired) electrons. The minimum absolute atomic E-state index is 0.103. The van der Waals surface area contributed by atoms with Crippen LogP contribution in [0.1, 0.15) is 47.7 Å². The molecule has 2 fully saturated rings. The summed E-state index contributed by atoms with van der Waals surface area (Å²) in [5.41, 5.74) is 3.98. The first kappa shape index (κ1) is 30.0. The van der Waals surface area contributed by atoms with Crippen LogP contribution in [-0.2, 0) is 0 Å². The number of ketones is 1. The van der Waals surface area contributed by atoms with E-state index in [1.807, 2.05) is 31.3 Å². The molecular formula is C33H37ClN8O2. The molecule has 0 aliphatic carbocycles. The van der Waals surface area contributed by atoms with E-state index in [1.54, 1.807) is 29.2 Å². The van der Waals surface area contributed by atoms with Gasteiger partial charge >= 0.3 is 0 Å². The van der Waals surface area contributed by atoms with Gasteiger partial charge in [-0.05, 0) is 42.9 Å². The van der Waals surface area contributed by atoms with Gasteiger partial charge < -0.3 is 15.0 Å². The second-order valence-electron chi connectivity index (χ2n) is 12.1. The van der Waals surface area contributed by atoms with Crippen molar-refractivity contribution in [3.8, 4) is 23.1 Å². The van der Waals surface area contributed by atoms with Crippen molar-refractivity contribution in [1.29, 1.82) is 5.26 Å². The van der Waals surface area contributed by atoms with E-state index in [0.717, 1.165) is 75.6 Å². The van der Waals surface area contributed by atoms with E-state index >= 15 is 0 Å². The van der Waals surface area contributed by atoms with E-state index in [-0.39, 0.29) is 11.2 Å². The Labute approximate surface area is 262 Å². The number of hydrogen-bond acceptors (Lipinski definition) is 9. The lowest BCUT2D eigenvalue weighted by Crippen LogP contribution is -2.44. The van der Waals surface area contributed by atoms with Crippen LogP contribution >= 0.6 is 11.6 Å². The second kappa shape index (κ2) is 12.9. The predicted octanol–water partition coefficient (Wildman–Crippen LogP) is 4.79. The number of halogens is 1. The zero-order chi connectivity index (χ0) is 30.7. The summed E-state index contributed by atoms with van der Waals surface area (Å²) in [7, 11) is 0. The number of aryl methyl sites for hydroxylation is 1. The van der Waals surface area contributed by atoms with Crippen LogP contribution in [0.3, 0.4) is 0 Å². The van der Waals surface area contributed by atoms with Gasteiger partial charge in [-0.1, -0.05) is 30.7 Å². The number of nitriles is 1. The molecule has 4 aromatic rings. The van der Waals surface area contributed by atoms with Crippen LogP contribution in [0.2, 0.25) is 5.02 Å². The first-order valence-electron chi connectivity index (χ1n) is 15.2. The zero-order valence-electron chi connectivity index (χ0n) is 25.2.